The maximum Gasteiger partial charge on any atom is 0.187 e. The van der Waals surface area contributed by atoms with Gasteiger partial charge in [0.25, 0.3) is 0 Å². The first-order valence-corrected chi connectivity index (χ1v) is 8.36. The van der Waals surface area contributed by atoms with Crippen molar-refractivity contribution in [1.82, 2.24) is 0 Å². The summed E-state index contributed by atoms with van der Waals surface area (Å²) in [6, 6.07) is 0. The molecule has 1 aliphatic carbocycles. The molecule has 0 bridgehead atoms. The number of aliphatic hydroxyl groups is 5. The lowest BCUT2D eigenvalue weighted by atomic mass is 9.65. The van der Waals surface area contributed by atoms with E-state index in [1.165, 1.54) is 0 Å². The molecule has 140 valence electrons. The zero-order valence-electron chi connectivity index (χ0n) is 14.6. The van der Waals surface area contributed by atoms with E-state index in [0.717, 1.165) is 12.0 Å². The third-order valence-electron chi connectivity index (χ3n) is 5.79. The Kier molecular flexibility index (Phi) is 5.76. The van der Waals surface area contributed by atoms with Gasteiger partial charge in [-0.1, -0.05) is 19.1 Å². The first-order valence-electron chi connectivity index (χ1n) is 8.36. The Balaban J connectivity index is 2.10. The quantitative estimate of drug-likeness (QED) is 0.443. The number of aliphatic hydroxyl groups excluding tert-OH is 5. The normalized spacial score (nSPS) is 49.8. The molecule has 1 aliphatic heterocycles. The summed E-state index contributed by atoms with van der Waals surface area (Å²) in [6.45, 7) is 9.20. The van der Waals surface area contributed by atoms with E-state index in [1.807, 2.05) is 13.8 Å². The Labute approximate surface area is 142 Å². The Morgan fingerprint density at radius 1 is 1.12 bits per heavy atom. The molecule has 7 nitrogen and oxygen atoms in total. The maximum atomic E-state index is 10.6. The minimum atomic E-state index is -1.49. The van der Waals surface area contributed by atoms with Crippen LogP contribution in [0.2, 0.25) is 0 Å². The number of hydrogen-bond acceptors (Lipinski definition) is 7. The monoisotopic (exact) mass is 346 g/mol. The van der Waals surface area contributed by atoms with E-state index in [0.29, 0.717) is 12.8 Å². The van der Waals surface area contributed by atoms with Crippen LogP contribution in [0.15, 0.2) is 12.2 Å². The predicted octanol–water partition coefficient (Wildman–Crippen LogP) is -0.311. The first-order chi connectivity index (χ1) is 11.0. The van der Waals surface area contributed by atoms with E-state index in [2.05, 4.69) is 6.58 Å². The fourth-order valence-electron chi connectivity index (χ4n) is 3.39. The van der Waals surface area contributed by atoms with Gasteiger partial charge in [0, 0.05) is 0 Å². The molecule has 1 saturated carbocycles. The summed E-state index contributed by atoms with van der Waals surface area (Å²) in [5, 5.41) is 49.6. The highest BCUT2D eigenvalue weighted by Crippen LogP contribution is 2.47. The zero-order valence-corrected chi connectivity index (χ0v) is 14.6. The van der Waals surface area contributed by atoms with Crippen molar-refractivity contribution >= 4 is 0 Å². The van der Waals surface area contributed by atoms with Crippen LogP contribution in [0.4, 0.5) is 0 Å². The average molecular weight is 346 g/mol. The van der Waals surface area contributed by atoms with Crippen LogP contribution in [0, 0.1) is 5.41 Å². The van der Waals surface area contributed by atoms with Crippen LogP contribution in [0.1, 0.15) is 40.0 Å². The van der Waals surface area contributed by atoms with Gasteiger partial charge in [-0.15, -0.1) is 0 Å². The summed E-state index contributed by atoms with van der Waals surface area (Å²) >= 11 is 0. The van der Waals surface area contributed by atoms with Crippen LogP contribution >= 0.6 is 0 Å². The van der Waals surface area contributed by atoms with Crippen molar-refractivity contribution in [3.8, 4) is 0 Å². The lowest BCUT2D eigenvalue weighted by molar-refractivity contribution is -0.338. The van der Waals surface area contributed by atoms with Gasteiger partial charge >= 0.3 is 0 Å². The van der Waals surface area contributed by atoms with Gasteiger partial charge in [-0.05, 0) is 38.5 Å². The molecule has 0 aromatic rings. The molecule has 24 heavy (non-hydrogen) atoms. The maximum absolute atomic E-state index is 10.6. The van der Waals surface area contributed by atoms with Crippen molar-refractivity contribution in [1.29, 1.82) is 0 Å². The fraction of sp³-hybridized carbons (Fsp3) is 0.882. The Bertz CT molecular complexity index is 468. The third kappa shape index (κ3) is 3.53. The molecular weight excluding hydrogens is 316 g/mol. The lowest BCUT2D eigenvalue weighted by Crippen LogP contribution is -2.62. The van der Waals surface area contributed by atoms with Gasteiger partial charge in [0.2, 0.25) is 0 Å². The topological polar surface area (TPSA) is 120 Å². The standard InChI is InChI=1S/C17H30O7/c1-9(2)16(3)5-6-17(4,11(19)7-16)24-15-14(22)13(21)12(20)10(8-18)23-15/h10-15,18-22H,1,5-8H2,2-4H3. The average Bonchev–Trinajstić information content (AvgIpc) is 2.52. The van der Waals surface area contributed by atoms with Crippen LogP contribution < -0.4 is 0 Å². The van der Waals surface area contributed by atoms with Crippen LogP contribution in [-0.4, -0.2) is 74.6 Å². The van der Waals surface area contributed by atoms with Gasteiger partial charge in [-0.2, -0.15) is 0 Å². The van der Waals surface area contributed by atoms with Crippen LogP contribution in [0.25, 0.3) is 0 Å². The second-order valence-electron chi connectivity index (χ2n) is 7.69. The molecule has 8 unspecified atom stereocenters. The van der Waals surface area contributed by atoms with Crippen molar-refractivity contribution in [3.63, 3.8) is 0 Å². The number of ether oxygens (including phenoxy) is 2. The molecule has 2 fully saturated rings. The second-order valence-corrected chi connectivity index (χ2v) is 7.69. The molecule has 5 N–H and O–H groups in total. The molecule has 0 aromatic heterocycles. The van der Waals surface area contributed by atoms with Gasteiger partial charge in [0.15, 0.2) is 6.29 Å². The van der Waals surface area contributed by atoms with Crippen molar-refractivity contribution in [2.45, 2.75) is 82.4 Å². The number of allylic oxidation sites excluding steroid dienone is 1. The van der Waals surface area contributed by atoms with Gasteiger partial charge in [0.1, 0.15) is 24.4 Å². The van der Waals surface area contributed by atoms with E-state index < -0.39 is 49.0 Å². The van der Waals surface area contributed by atoms with Crippen molar-refractivity contribution < 1.29 is 35.0 Å². The molecule has 0 amide bonds. The Hall–Kier alpha value is -0.540. The third-order valence-corrected chi connectivity index (χ3v) is 5.79. The molecule has 1 saturated heterocycles. The smallest absolute Gasteiger partial charge is 0.187 e. The summed E-state index contributed by atoms with van der Waals surface area (Å²) in [5.41, 5.74) is -0.156. The largest absolute Gasteiger partial charge is 0.394 e. The van der Waals surface area contributed by atoms with Crippen LogP contribution in [0.5, 0.6) is 0 Å². The van der Waals surface area contributed by atoms with Crippen molar-refractivity contribution in [2.75, 3.05) is 6.61 Å². The highest BCUT2D eigenvalue weighted by molar-refractivity contribution is 5.11. The summed E-state index contributed by atoms with van der Waals surface area (Å²) < 4.78 is 11.2. The van der Waals surface area contributed by atoms with Gasteiger partial charge in [-0.25, -0.2) is 0 Å². The number of rotatable bonds is 4. The minimum absolute atomic E-state index is 0.183. The van der Waals surface area contributed by atoms with Gasteiger partial charge in [-0.3, -0.25) is 0 Å². The Morgan fingerprint density at radius 3 is 2.25 bits per heavy atom. The molecule has 0 spiro atoms. The fourth-order valence-corrected chi connectivity index (χ4v) is 3.39. The highest BCUT2D eigenvalue weighted by atomic mass is 16.7. The summed E-state index contributed by atoms with van der Waals surface area (Å²) in [6.07, 6.45) is -5.73. The van der Waals surface area contributed by atoms with Crippen molar-refractivity contribution in [3.05, 3.63) is 12.2 Å². The van der Waals surface area contributed by atoms with Gasteiger partial charge in [0.05, 0.1) is 18.3 Å². The van der Waals surface area contributed by atoms with E-state index >= 15 is 0 Å². The van der Waals surface area contributed by atoms with E-state index in [4.69, 9.17) is 9.47 Å². The zero-order chi connectivity index (χ0) is 18.3. The van der Waals surface area contributed by atoms with Crippen LogP contribution in [0.3, 0.4) is 0 Å². The molecule has 0 radical (unpaired) electrons. The first kappa shape index (κ1) is 19.8. The molecule has 1 heterocycles. The minimum Gasteiger partial charge on any atom is -0.394 e. The van der Waals surface area contributed by atoms with Gasteiger partial charge < -0.3 is 35.0 Å². The van der Waals surface area contributed by atoms with E-state index in [9.17, 15) is 25.5 Å². The number of hydrogen-bond donors (Lipinski definition) is 5. The van der Waals surface area contributed by atoms with Crippen LogP contribution in [-0.2, 0) is 9.47 Å². The summed E-state index contributed by atoms with van der Waals surface area (Å²) in [4.78, 5) is 0. The molecule has 0 aromatic carbocycles. The molecule has 2 rings (SSSR count). The molecule has 2 aliphatic rings. The predicted molar refractivity (Wildman–Crippen MR) is 86.0 cm³/mol. The lowest BCUT2D eigenvalue weighted by Gasteiger charge is -2.50. The second kappa shape index (κ2) is 6.99. The molecule has 7 heteroatoms. The molecular formula is C17H30O7. The SMILES string of the molecule is C=C(C)C1(C)CCC(C)(OC2OC(CO)C(O)C(O)C2O)C(O)C1. The van der Waals surface area contributed by atoms with E-state index in [1.54, 1.807) is 6.92 Å². The van der Waals surface area contributed by atoms with E-state index in [-0.39, 0.29) is 5.41 Å². The summed E-state index contributed by atoms with van der Waals surface area (Å²) in [7, 11) is 0. The van der Waals surface area contributed by atoms with Crippen molar-refractivity contribution in [2.24, 2.45) is 5.41 Å². The Morgan fingerprint density at radius 2 is 1.75 bits per heavy atom. The highest BCUT2D eigenvalue weighted by Gasteiger charge is 2.51. The summed E-state index contributed by atoms with van der Waals surface area (Å²) in [5.74, 6) is 0. The molecule has 8 atom stereocenters.